The molecule has 0 spiro atoms. The molecule has 3 rings (SSSR count). The summed E-state index contributed by atoms with van der Waals surface area (Å²) in [6.07, 6.45) is 0. The fourth-order valence-electron chi connectivity index (χ4n) is 2.19. The molecule has 1 amide bonds. The Morgan fingerprint density at radius 2 is 1.95 bits per heavy atom. The normalized spacial score (nSPS) is 17.4. The van der Waals surface area contributed by atoms with Crippen molar-refractivity contribution in [1.29, 1.82) is 0 Å². The van der Waals surface area contributed by atoms with Crippen LogP contribution < -0.4 is 10.2 Å². The molecule has 108 valence electrons. The minimum absolute atomic E-state index is 0.0525. The Morgan fingerprint density at radius 3 is 2.67 bits per heavy atom. The summed E-state index contributed by atoms with van der Waals surface area (Å²) in [6, 6.07) is 8.45. The van der Waals surface area contributed by atoms with E-state index in [0.29, 0.717) is 11.4 Å². The van der Waals surface area contributed by atoms with Crippen LogP contribution in [0.4, 0.5) is 20.2 Å². The number of hydrogen-bond donors (Lipinski definition) is 2. The number of anilines is 2. The zero-order valence-corrected chi connectivity index (χ0v) is 13.0. The van der Waals surface area contributed by atoms with Crippen LogP contribution >= 0.6 is 28.6 Å². The monoisotopic (exact) mass is 370 g/mol. The van der Waals surface area contributed by atoms with Gasteiger partial charge in [0.15, 0.2) is 5.50 Å². The predicted molar refractivity (Wildman–Crippen MR) is 83.7 cm³/mol. The van der Waals surface area contributed by atoms with E-state index < -0.39 is 23.0 Å². The molecule has 1 aliphatic rings. The Morgan fingerprint density at radius 1 is 1.19 bits per heavy atom. The Kier molecular flexibility index (Phi) is 3.62. The fourth-order valence-corrected chi connectivity index (χ4v) is 2.93. The van der Waals surface area contributed by atoms with Gasteiger partial charge < -0.3 is 5.32 Å². The van der Waals surface area contributed by atoms with Crippen LogP contribution in [0.1, 0.15) is 10.4 Å². The molecule has 0 saturated heterocycles. The van der Waals surface area contributed by atoms with Crippen LogP contribution in [0.25, 0.3) is 0 Å². The van der Waals surface area contributed by atoms with Crippen molar-refractivity contribution < 1.29 is 13.6 Å². The number of carbonyl (C=O) groups is 1. The Balaban J connectivity index is 2.10. The predicted octanol–water partition coefficient (Wildman–Crippen LogP) is 4.01. The first-order valence-corrected chi connectivity index (χ1v) is 7.31. The van der Waals surface area contributed by atoms with E-state index in [0.717, 1.165) is 0 Å². The number of fused-ring (bicyclic) bond motifs is 1. The number of amides is 1. The Bertz CT molecular complexity index is 741. The number of rotatable bonds is 1. The van der Waals surface area contributed by atoms with Crippen LogP contribution in [-0.4, -0.2) is 11.4 Å². The second-order valence-corrected chi connectivity index (χ2v) is 5.80. The van der Waals surface area contributed by atoms with Crippen molar-refractivity contribution >= 4 is 45.8 Å². The molecule has 3 nitrogen and oxygen atoms in total. The lowest BCUT2D eigenvalue weighted by Gasteiger charge is -2.35. The topological polar surface area (TPSA) is 32.3 Å². The molecule has 0 saturated carbocycles. The largest absolute Gasteiger partial charge is 0.356 e. The third-order valence-electron chi connectivity index (χ3n) is 3.16. The van der Waals surface area contributed by atoms with Crippen molar-refractivity contribution in [1.82, 2.24) is 0 Å². The number of benzene rings is 2. The van der Waals surface area contributed by atoms with Gasteiger partial charge in [0.25, 0.3) is 5.91 Å². The first-order chi connectivity index (χ1) is 9.99. The van der Waals surface area contributed by atoms with E-state index >= 15 is 0 Å². The van der Waals surface area contributed by atoms with Gasteiger partial charge in [0.05, 0.1) is 15.7 Å². The van der Waals surface area contributed by atoms with E-state index in [1.165, 1.54) is 35.2 Å². The molecule has 0 aromatic heterocycles. The molecule has 1 aliphatic heterocycles. The van der Waals surface area contributed by atoms with E-state index in [4.69, 9.17) is 0 Å². The van der Waals surface area contributed by atoms with Crippen molar-refractivity contribution in [3.05, 3.63) is 58.1 Å². The summed E-state index contributed by atoms with van der Waals surface area (Å²) in [4.78, 5) is 13.8. The van der Waals surface area contributed by atoms with Crippen LogP contribution in [0.15, 0.2) is 40.9 Å². The molecule has 7 heteroatoms. The maximum atomic E-state index is 13.9. The highest BCUT2D eigenvalue weighted by Crippen LogP contribution is 2.33. The van der Waals surface area contributed by atoms with Crippen LogP contribution in [0.2, 0.25) is 0 Å². The highest BCUT2D eigenvalue weighted by atomic mass is 79.9. The van der Waals surface area contributed by atoms with Crippen molar-refractivity contribution in [2.45, 2.75) is 5.50 Å². The van der Waals surface area contributed by atoms with Crippen LogP contribution in [0, 0.1) is 11.6 Å². The highest BCUT2D eigenvalue weighted by Gasteiger charge is 2.33. The van der Waals surface area contributed by atoms with Gasteiger partial charge in [-0.2, -0.15) is 0 Å². The summed E-state index contributed by atoms with van der Waals surface area (Å²) in [5.74, 6) is -1.59. The minimum atomic E-state index is -0.677. The first kappa shape index (κ1) is 14.3. The molecule has 2 aromatic carbocycles. The molecule has 2 aromatic rings. The summed E-state index contributed by atoms with van der Waals surface area (Å²) < 4.78 is 27.4. The van der Waals surface area contributed by atoms with E-state index in [1.54, 1.807) is 6.07 Å². The number of nitrogens with zero attached hydrogens (tertiary/aromatic N) is 1. The fraction of sp³-hybridized carbons (Fsp3) is 0.0714. The summed E-state index contributed by atoms with van der Waals surface area (Å²) in [5, 5.41) is 2.93. The molecule has 0 fully saturated rings. The lowest BCUT2D eigenvalue weighted by Crippen LogP contribution is -2.46. The smallest absolute Gasteiger partial charge is 0.265 e. The van der Waals surface area contributed by atoms with Gasteiger partial charge in [-0.15, -0.1) is 12.6 Å². The second-order valence-electron chi connectivity index (χ2n) is 4.45. The number of hydrogen-bond acceptors (Lipinski definition) is 3. The van der Waals surface area contributed by atoms with Gasteiger partial charge in [0.1, 0.15) is 11.6 Å². The lowest BCUT2D eigenvalue weighted by molar-refractivity contribution is 0.0979. The van der Waals surface area contributed by atoms with Gasteiger partial charge >= 0.3 is 0 Å². The van der Waals surface area contributed by atoms with Crippen LogP contribution in [0.3, 0.4) is 0 Å². The average molecular weight is 371 g/mol. The maximum Gasteiger partial charge on any atom is 0.265 e. The molecular formula is C14H9BrF2N2OS. The van der Waals surface area contributed by atoms with Gasteiger partial charge in [-0.25, -0.2) is 8.78 Å². The summed E-state index contributed by atoms with van der Waals surface area (Å²) >= 11 is 7.37. The number of thiol groups is 1. The molecule has 1 heterocycles. The second kappa shape index (κ2) is 5.31. The van der Waals surface area contributed by atoms with Crippen molar-refractivity contribution in [2.24, 2.45) is 0 Å². The van der Waals surface area contributed by atoms with Gasteiger partial charge in [-0.05, 0) is 46.3 Å². The zero-order valence-electron chi connectivity index (χ0n) is 10.5. The molecule has 0 aliphatic carbocycles. The van der Waals surface area contributed by atoms with Gasteiger partial charge in [-0.3, -0.25) is 9.69 Å². The first-order valence-electron chi connectivity index (χ1n) is 6.01. The average Bonchev–Trinajstić information content (AvgIpc) is 2.42. The standard InChI is InChI=1S/C14H9BrF2N2OS/c15-8-6-7(4-5-9(8)16)19-13(20)12-10(17)2-1-3-11(12)18-14(19)21/h1-6,14,18,21H. The molecule has 0 bridgehead atoms. The third-order valence-corrected chi connectivity index (χ3v) is 4.12. The van der Waals surface area contributed by atoms with Crippen molar-refractivity contribution in [3.63, 3.8) is 0 Å². The van der Waals surface area contributed by atoms with Crippen LogP contribution in [0.5, 0.6) is 0 Å². The van der Waals surface area contributed by atoms with E-state index in [-0.39, 0.29) is 10.0 Å². The molecule has 21 heavy (non-hydrogen) atoms. The quantitative estimate of drug-likeness (QED) is 0.743. The van der Waals surface area contributed by atoms with E-state index in [2.05, 4.69) is 33.9 Å². The van der Waals surface area contributed by atoms with Gasteiger partial charge in [0, 0.05) is 5.69 Å². The Hall–Kier alpha value is -1.60. The number of halogens is 3. The van der Waals surface area contributed by atoms with E-state index in [1.807, 2.05) is 0 Å². The molecule has 0 radical (unpaired) electrons. The van der Waals surface area contributed by atoms with Crippen LogP contribution in [-0.2, 0) is 0 Å². The molecular weight excluding hydrogens is 362 g/mol. The number of carbonyl (C=O) groups excluding carboxylic acids is 1. The highest BCUT2D eigenvalue weighted by molar-refractivity contribution is 9.10. The summed E-state index contributed by atoms with van der Waals surface area (Å²) in [6.45, 7) is 0. The molecule has 1 atom stereocenters. The van der Waals surface area contributed by atoms with Gasteiger partial charge in [0.2, 0.25) is 0 Å². The lowest BCUT2D eigenvalue weighted by atomic mass is 10.1. The number of nitrogens with one attached hydrogen (secondary N) is 1. The maximum absolute atomic E-state index is 13.9. The van der Waals surface area contributed by atoms with Crippen molar-refractivity contribution in [2.75, 3.05) is 10.2 Å². The summed E-state index contributed by atoms with van der Waals surface area (Å²) in [5.41, 5.74) is 0.0690. The minimum Gasteiger partial charge on any atom is -0.356 e. The molecule has 1 N–H and O–H groups in total. The van der Waals surface area contributed by atoms with E-state index in [9.17, 15) is 13.6 Å². The Labute approximate surface area is 133 Å². The van der Waals surface area contributed by atoms with Gasteiger partial charge in [-0.1, -0.05) is 6.07 Å². The zero-order chi connectivity index (χ0) is 15.1. The third kappa shape index (κ3) is 2.40. The summed E-state index contributed by atoms with van der Waals surface area (Å²) in [7, 11) is 0. The molecule has 1 unspecified atom stereocenters. The van der Waals surface area contributed by atoms with Crippen molar-refractivity contribution in [3.8, 4) is 0 Å². The SMILES string of the molecule is O=C1c2c(F)cccc2NC(S)N1c1ccc(F)c(Br)c1.